The average Bonchev–Trinajstić information content (AvgIpc) is 2.83. The average molecular weight is 228 g/mol. The van der Waals surface area contributed by atoms with Crippen LogP contribution < -0.4 is 11.6 Å². The van der Waals surface area contributed by atoms with Crippen LogP contribution in [0.2, 0.25) is 0 Å². The van der Waals surface area contributed by atoms with Gasteiger partial charge in [-0.15, -0.1) is 0 Å². The predicted molar refractivity (Wildman–Crippen MR) is 46.7 cm³/mol. The van der Waals surface area contributed by atoms with E-state index in [4.69, 9.17) is 0 Å². The Morgan fingerprint density at radius 1 is 0.812 bits per heavy atom. The van der Waals surface area contributed by atoms with E-state index in [1.54, 1.807) is 0 Å². The summed E-state index contributed by atoms with van der Waals surface area (Å²) < 4.78 is 17.6. The van der Waals surface area contributed by atoms with Crippen LogP contribution in [0.15, 0.2) is 27.5 Å². The highest BCUT2D eigenvalue weighted by atomic mass is 16.6. The van der Waals surface area contributed by atoms with Crippen molar-refractivity contribution < 1.29 is 17.9 Å². The quantitative estimate of drug-likeness (QED) is 0.663. The topological polar surface area (TPSA) is 112 Å². The molecule has 2 aromatic rings. The molecule has 0 saturated heterocycles. The van der Waals surface area contributed by atoms with Crippen LogP contribution in [-0.4, -0.2) is 10.3 Å². The van der Waals surface area contributed by atoms with Crippen molar-refractivity contribution in [3.05, 3.63) is 33.0 Å². The molecule has 0 atom stereocenters. The predicted octanol–water partition coefficient (Wildman–Crippen LogP) is 0.134. The zero-order chi connectivity index (χ0) is 11.4. The van der Waals surface area contributed by atoms with E-state index in [-0.39, 0.29) is 11.8 Å². The summed E-state index contributed by atoms with van der Waals surface area (Å²) in [5.74, 6) is -1.10. The van der Waals surface area contributed by atoms with Gasteiger partial charge in [-0.3, -0.25) is 9.05 Å². The van der Waals surface area contributed by atoms with Gasteiger partial charge in [0.25, 0.3) is 0 Å². The molecule has 0 bridgehead atoms. The summed E-state index contributed by atoms with van der Waals surface area (Å²) in [5, 5.41) is 6.81. The lowest BCUT2D eigenvalue weighted by Crippen LogP contribution is -1.91. The number of unbranched alkanes of at least 4 members (excludes halogenated alkanes) is 1. The SMILES string of the molecule is O=c1onc(CCCCc2noc(=O)o2)o1. The maximum absolute atomic E-state index is 10.5. The number of nitrogens with zero attached hydrogens (tertiary/aromatic N) is 2. The first-order valence-electron chi connectivity index (χ1n) is 4.65. The van der Waals surface area contributed by atoms with Crippen LogP contribution in [-0.2, 0) is 12.8 Å². The van der Waals surface area contributed by atoms with Crippen LogP contribution in [0.4, 0.5) is 0 Å². The Bertz CT molecular complexity index is 497. The summed E-state index contributed by atoms with van der Waals surface area (Å²) in [6.07, 6.45) is 2.36. The van der Waals surface area contributed by atoms with Crippen LogP contribution in [0.25, 0.3) is 0 Å². The Hall–Kier alpha value is -2.12. The van der Waals surface area contributed by atoms with E-state index >= 15 is 0 Å². The Morgan fingerprint density at radius 3 is 1.56 bits per heavy atom. The van der Waals surface area contributed by atoms with Crippen molar-refractivity contribution in [3.8, 4) is 0 Å². The lowest BCUT2D eigenvalue weighted by atomic mass is 10.2. The van der Waals surface area contributed by atoms with Crippen LogP contribution in [0.1, 0.15) is 24.6 Å². The van der Waals surface area contributed by atoms with Gasteiger partial charge in [-0.1, -0.05) is 0 Å². The molecule has 0 amide bonds. The number of rotatable bonds is 5. The van der Waals surface area contributed by atoms with E-state index in [1.807, 2.05) is 0 Å². The number of hydrogen-bond donors (Lipinski definition) is 0. The number of aromatic nitrogens is 2. The zero-order valence-corrected chi connectivity index (χ0v) is 8.17. The molecule has 8 nitrogen and oxygen atoms in total. The summed E-state index contributed by atoms with van der Waals surface area (Å²) in [4.78, 5) is 21.0. The van der Waals surface area contributed by atoms with E-state index in [2.05, 4.69) is 28.2 Å². The van der Waals surface area contributed by atoms with Crippen molar-refractivity contribution >= 4 is 0 Å². The normalized spacial score (nSPS) is 10.8. The first kappa shape index (κ1) is 10.4. The van der Waals surface area contributed by atoms with Gasteiger partial charge in [0.1, 0.15) is 0 Å². The van der Waals surface area contributed by atoms with E-state index in [0.717, 1.165) is 0 Å². The highest BCUT2D eigenvalue weighted by Gasteiger charge is 2.05. The molecule has 0 spiro atoms. The summed E-state index contributed by atoms with van der Waals surface area (Å²) >= 11 is 0. The fraction of sp³-hybridized carbons (Fsp3) is 0.500. The molecule has 0 radical (unpaired) electrons. The van der Waals surface area contributed by atoms with Crippen LogP contribution in [0.3, 0.4) is 0 Å². The maximum Gasteiger partial charge on any atom is 0.542 e. The molecule has 0 fully saturated rings. The fourth-order valence-electron chi connectivity index (χ4n) is 1.19. The van der Waals surface area contributed by atoms with E-state index in [1.165, 1.54) is 0 Å². The van der Waals surface area contributed by atoms with E-state index in [9.17, 15) is 9.59 Å². The molecule has 0 aromatic carbocycles. The third-order valence-electron chi connectivity index (χ3n) is 1.88. The first-order valence-corrected chi connectivity index (χ1v) is 4.65. The molecule has 86 valence electrons. The molecule has 0 N–H and O–H groups in total. The molecule has 2 aromatic heterocycles. The Balaban J connectivity index is 1.73. The van der Waals surface area contributed by atoms with Crippen molar-refractivity contribution in [2.24, 2.45) is 0 Å². The van der Waals surface area contributed by atoms with Crippen molar-refractivity contribution in [1.82, 2.24) is 10.3 Å². The third kappa shape index (κ3) is 2.69. The molecule has 16 heavy (non-hydrogen) atoms. The third-order valence-corrected chi connectivity index (χ3v) is 1.88. The summed E-state index contributed by atoms with van der Waals surface area (Å²) in [6, 6.07) is 0. The molecular weight excluding hydrogens is 220 g/mol. The largest absolute Gasteiger partial charge is 0.542 e. The second-order valence-corrected chi connectivity index (χ2v) is 3.06. The lowest BCUT2D eigenvalue weighted by Gasteiger charge is -1.92. The standard InChI is InChI=1S/C8H8N2O6/c11-7-13-5(9-15-7)3-1-2-4-6-10-16-8(12)14-6/h1-4H2. The minimum atomic E-state index is -0.808. The summed E-state index contributed by atoms with van der Waals surface area (Å²) in [5.41, 5.74) is 0. The van der Waals surface area contributed by atoms with Gasteiger partial charge in [-0.05, 0) is 23.2 Å². The van der Waals surface area contributed by atoms with E-state index in [0.29, 0.717) is 25.7 Å². The van der Waals surface area contributed by atoms with Crippen LogP contribution in [0, 0.1) is 0 Å². The van der Waals surface area contributed by atoms with Crippen LogP contribution in [0.5, 0.6) is 0 Å². The minimum Gasteiger partial charge on any atom is -0.375 e. The summed E-state index contributed by atoms with van der Waals surface area (Å²) in [6.45, 7) is 0. The van der Waals surface area contributed by atoms with Crippen LogP contribution >= 0.6 is 0 Å². The number of hydrogen-bond acceptors (Lipinski definition) is 8. The molecule has 0 saturated carbocycles. The van der Waals surface area contributed by atoms with Crippen molar-refractivity contribution in [1.29, 1.82) is 0 Å². The molecule has 0 aliphatic carbocycles. The van der Waals surface area contributed by atoms with Crippen molar-refractivity contribution in [2.45, 2.75) is 25.7 Å². The minimum absolute atomic E-state index is 0.256. The van der Waals surface area contributed by atoms with Crippen molar-refractivity contribution in [2.75, 3.05) is 0 Å². The Morgan fingerprint density at radius 2 is 1.25 bits per heavy atom. The highest BCUT2D eigenvalue weighted by molar-refractivity contribution is 4.74. The molecule has 0 aliphatic heterocycles. The second kappa shape index (κ2) is 4.60. The van der Waals surface area contributed by atoms with Gasteiger partial charge in [-0.25, -0.2) is 9.59 Å². The monoisotopic (exact) mass is 228 g/mol. The smallest absolute Gasteiger partial charge is 0.375 e. The molecule has 2 heterocycles. The van der Waals surface area contributed by atoms with Crippen molar-refractivity contribution in [3.63, 3.8) is 0 Å². The molecule has 8 heteroatoms. The zero-order valence-electron chi connectivity index (χ0n) is 8.17. The molecular formula is C8H8N2O6. The van der Waals surface area contributed by atoms with E-state index < -0.39 is 11.6 Å². The van der Waals surface area contributed by atoms with Gasteiger partial charge in [-0.2, -0.15) is 0 Å². The highest BCUT2D eigenvalue weighted by Crippen LogP contribution is 2.03. The van der Waals surface area contributed by atoms with Gasteiger partial charge < -0.3 is 8.83 Å². The van der Waals surface area contributed by atoms with Gasteiger partial charge in [0, 0.05) is 12.8 Å². The molecule has 0 unspecified atom stereocenters. The maximum atomic E-state index is 10.5. The summed E-state index contributed by atoms with van der Waals surface area (Å²) in [7, 11) is 0. The number of aryl methyl sites for hydroxylation is 2. The van der Waals surface area contributed by atoms with Gasteiger partial charge in [0.2, 0.25) is 11.8 Å². The van der Waals surface area contributed by atoms with Gasteiger partial charge >= 0.3 is 11.6 Å². The van der Waals surface area contributed by atoms with Gasteiger partial charge in [0.05, 0.1) is 0 Å². The second-order valence-electron chi connectivity index (χ2n) is 3.06. The van der Waals surface area contributed by atoms with Gasteiger partial charge in [0.15, 0.2) is 0 Å². The lowest BCUT2D eigenvalue weighted by molar-refractivity contribution is 0.333. The fourth-order valence-corrected chi connectivity index (χ4v) is 1.19. The molecule has 2 rings (SSSR count). The molecule has 0 aliphatic rings. The first-order chi connectivity index (χ1) is 7.74. The Kier molecular flexibility index (Phi) is 2.99. The Labute approximate surface area is 87.8 Å².